The highest BCUT2D eigenvalue weighted by molar-refractivity contribution is 5.52. The maximum Gasteiger partial charge on any atom is 0.129 e. The Hall–Kier alpha value is -1.02. The smallest absolute Gasteiger partial charge is 0.129 e. The SMILES string of the molecule is Cc1cc(C)c2c(c1C)OC(C)(C)CC2O. The van der Waals surface area contributed by atoms with E-state index in [9.17, 15) is 5.11 Å². The van der Waals surface area contributed by atoms with Crippen molar-refractivity contribution in [1.82, 2.24) is 0 Å². The second-order valence-electron chi connectivity index (χ2n) is 5.46. The van der Waals surface area contributed by atoms with Crippen LogP contribution in [0.4, 0.5) is 0 Å². The second-order valence-corrected chi connectivity index (χ2v) is 5.46. The number of benzene rings is 1. The minimum Gasteiger partial charge on any atom is -0.487 e. The van der Waals surface area contributed by atoms with Crippen LogP contribution in [0.2, 0.25) is 0 Å². The fourth-order valence-corrected chi connectivity index (χ4v) is 2.50. The Kier molecular flexibility index (Phi) is 2.50. The molecule has 16 heavy (non-hydrogen) atoms. The summed E-state index contributed by atoms with van der Waals surface area (Å²) in [6.07, 6.45) is 0.252. The van der Waals surface area contributed by atoms with Crippen LogP contribution in [-0.4, -0.2) is 10.7 Å². The average Bonchev–Trinajstić information content (AvgIpc) is 2.11. The van der Waals surface area contributed by atoms with Gasteiger partial charge in [-0.1, -0.05) is 6.07 Å². The van der Waals surface area contributed by atoms with Gasteiger partial charge in [-0.25, -0.2) is 0 Å². The molecule has 0 aliphatic carbocycles. The Balaban J connectivity index is 2.65. The molecule has 1 aromatic carbocycles. The van der Waals surface area contributed by atoms with Gasteiger partial charge in [-0.15, -0.1) is 0 Å². The molecule has 1 N–H and O–H groups in total. The van der Waals surface area contributed by atoms with Gasteiger partial charge in [-0.05, 0) is 51.3 Å². The molecule has 88 valence electrons. The Morgan fingerprint density at radius 1 is 1.25 bits per heavy atom. The minimum atomic E-state index is -0.405. The van der Waals surface area contributed by atoms with Gasteiger partial charge < -0.3 is 9.84 Å². The van der Waals surface area contributed by atoms with Gasteiger partial charge >= 0.3 is 0 Å². The van der Waals surface area contributed by atoms with Crippen LogP contribution >= 0.6 is 0 Å². The molecule has 1 heterocycles. The molecule has 0 bridgehead atoms. The number of aliphatic hydroxyl groups is 1. The molecular formula is C14H20O2. The molecule has 2 rings (SSSR count). The van der Waals surface area contributed by atoms with Gasteiger partial charge in [0.15, 0.2) is 0 Å². The predicted octanol–water partition coefficient (Wildman–Crippen LogP) is 3.21. The highest BCUT2D eigenvalue weighted by atomic mass is 16.5. The molecular weight excluding hydrogens is 200 g/mol. The Morgan fingerprint density at radius 2 is 1.88 bits per heavy atom. The standard InChI is InChI=1S/C14H20O2/c1-8-6-9(2)12-11(15)7-14(4,5)16-13(12)10(8)3/h6,11,15H,7H2,1-5H3. The second kappa shape index (κ2) is 3.49. The van der Waals surface area contributed by atoms with Crippen LogP contribution in [0.25, 0.3) is 0 Å². The first kappa shape index (κ1) is 11.5. The molecule has 0 spiro atoms. The number of ether oxygens (including phenoxy) is 1. The number of rotatable bonds is 0. The predicted molar refractivity (Wildman–Crippen MR) is 64.9 cm³/mol. The third-order valence-electron chi connectivity index (χ3n) is 3.43. The lowest BCUT2D eigenvalue weighted by atomic mass is 9.87. The van der Waals surface area contributed by atoms with Crippen molar-refractivity contribution in [3.63, 3.8) is 0 Å². The van der Waals surface area contributed by atoms with E-state index in [1.807, 2.05) is 20.8 Å². The van der Waals surface area contributed by atoms with E-state index in [1.54, 1.807) is 0 Å². The molecule has 1 atom stereocenters. The van der Waals surface area contributed by atoms with Crippen molar-refractivity contribution in [2.75, 3.05) is 0 Å². The van der Waals surface area contributed by atoms with Gasteiger partial charge in [0.2, 0.25) is 0 Å². The summed E-state index contributed by atoms with van der Waals surface area (Å²) >= 11 is 0. The summed E-state index contributed by atoms with van der Waals surface area (Å²) in [4.78, 5) is 0. The molecule has 1 aromatic rings. The third kappa shape index (κ3) is 1.71. The first-order valence-corrected chi connectivity index (χ1v) is 5.79. The highest BCUT2D eigenvalue weighted by Crippen LogP contribution is 2.43. The lowest BCUT2D eigenvalue weighted by Crippen LogP contribution is -2.35. The molecule has 0 saturated carbocycles. The molecule has 1 unspecified atom stereocenters. The van der Waals surface area contributed by atoms with Crippen LogP contribution < -0.4 is 4.74 Å². The summed E-state index contributed by atoms with van der Waals surface area (Å²) in [5.41, 5.74) is 4.19. The maximum atomic E-state index is 10.2. The highest BCUT2D eigenvalue weighted by Gasteiger charge is 2.34. The van der Waals surface area contributed by atoms with Gasteiger partial charge in [0.25, 0.3) is 0 Å². The lowest BCUT2D eigenvalue weighted by Gasteiger charge is -2.37. The molecule has 0 amide bonds. The topological polar surface area (TPSA) is 29.5 Å². The summed E-state index contributed by atoms with van der Waals surface area (Å²) < 4.78 is 6.02. The van der Waals surface area contributed by atoms with Gasteiger partial charge in [-0.3, -0.25) is 0 Å². The summed E-state index contributed by atoms with van der Waals surface area (Å²) in [6.45, 7) is 10.2. The maximum absolute atomic E-state index is 10.2. The van der Waals surface area contributed by atoms with Crippen molar-refractivity contribution in [1.29, 1.82) is 0 Å². The molecule has 0 radical (unpaired) electrons. The molecule has 2 nitrogen and oxygen atoms in total. The van der Waals surface area contributed by atoms with E-state index in [0.29, 0.717) is 6.42 Å². The molecule has 0 saturated heterocycles. The van der Waals surface area contributed by atoms with Crippen molar-refractivity contribution < 1.29 is 9.84 Å². The Labute approximate surface area is 97.3 Å². The van der Waals surface area contributed by atoms with Gasteiger partial charge in [0.1, 0.15) is 11.4 Å². The van der Waals surface area contributed by atoms with E-state index in [-0.39, 0.29) is 5.60 Å². The third-order valence-corrected chi connectivity index (χ3v) is 3.43. The number of hydrogen-bond donors (Lipinski definition) is 1. The lowest BCUT2D eigenvalue weighted by molar-refractivity contribution is 0.0104. The zero-order chi connectivity index (χ0) is 12.1. The van der Waals surface area contributed by atoms with Crippen LogP contribution in [0, 0.1) is 20.8 Å². The van der Waals surface area contributed by atoms with E-state index in [0.717, 1.165) is 22.4 Å². The van der Waals surface area contributed by atoms with E-state index in [1.165, 1.54) is 5.56 Å². The van der Waals surface area contributed by atoms with Crippen molar-refractivity contribution in [3.8, 4) is 5.75 Å². The summed E-state index contributed by atoms with van der Waals surface area (Å²) in [5.74, 6) is 0.890. The van der Waals surface area contributed by atoms with Crippen LogP contribution in [0.1, 0.15) is 48.6 Å². The normalized spacial score (nSPS) is 22.5. The quantitative estimate of drug-likeness (QED) is 0.727. The van der Waals surface area contributed by atoms with Crippen molar-refractivity contribution in [2.24, 2.45) is 0 Å². The summed E-state index contributed by atoms with van der Waals surface area (Å²) in [6, 6.07) is 2.12. The number of fused-ring (bicyclic) bond motifs is 1. The van der Waals surface area contributed by atoms with Crippen molar-refractivity contribution in [2.45, 2.75) is 52.7 Å². The van der Waals surface area contributed by atoms with Crippen molar-refractivity contribution in [3.05, 3.63) is 28.3 Å². The van der Waals surface area contributed by atoms with Gasteiger partial charge in [0, 0.05) is 12.0 Å². The van der Waals surface area contributed by atoms with E-state index >= 15 is 0 Å². The molecule has 1 aliphatic heterocycles. The van der Waals surface area contributed by atoms with E-state index < -0.39 is 6.10 Å². The molecule has 0 fully saturated rings. The molecule has 1 aliphatic rings. The largest absolute Gasteiger partial charge is 0.487 e. The first-order valence-electron chi connectivity index (χ1n) is 5.79. The fraction of sp³-hybridized carbons (Fsp3) is 0.571. The molecule has 0 aromatic heterocycles. The van der Waals surface area contributed by atoms with Crippen LogP contribution in [-0.2, 0) is 0 Å². The monoisotopic (exact) mass is 220 g/mol. The van der Waals surface area contributed by atoms with E-state index in [2.05, 4.69) is 19.9 Å². The average molecular weight is 220 g/mol. The van der Waals surface area contributed by atoms with E-state index in [4.69, 9.17) is 4.74 Å². The number of hydrogen-bond acceptors (Lipinski definition) is 2. The Bertz CT molecular complexity index is 433. The number of aryl methyl sites for hydroxylation is 2. The van der Waals surface area contributed by atoms with Crippen molar-refractivity contribution >= 4 is 0 Å². The van der Waals surface area contributed by atoms with Crippen LogP contribution in [0.5, 0.6) is 5.75 Å². The van der Waals surface area contributed by atoms with Gasteiger partial charge in [-0.2, -0.15) is 0 Å². The molecule has 2 heteroatoms. The summed E-state index contributed by atoms with van der Waals surface area (Å²) in [5, 5.41) is 10.2. The first-order chi connectivity index (χ1) is 7.32. The summed E-state index contributed by atoms with van der Waals surface area (Å²) in [7, 11) is 0. The van der Waals surface area contributed by atoms with Crippen LogP contribution in [0.15, 0.2) is 6.07 Å². The Morgan fingerprint density at radius 3 is 2.50 bits per heavy atom. The van der Waals surface area contributed by atoms with Gasteiger partial charge in [0.05, 0.1) is 6.10 Å². The number of aliphatic hydroxyl groups excluding tert-OH is 1. The zero-order valence-electron chi connectivity index (χ0n) is 10.7. The fourth-order valence-electron chi connectivity index (χ4n) is 2.50. The van der Waals surface area contributed by atoms with Crippen LogP contribution in [0.3, 0.4) is 0 Å². The zero-order valence-corrected chi connectivity index (χ0v) is 10.7. The minimum absolute atomic E-state index is 0.280.